The maximum Gasteiger partial charge on any atom is 0.244 e. The van der Waals surface area contributed by atoms with Gasteiger partial charge in [-0.3, -0.25) is 4.48 Å². The molecule has 0 aromatic heterocycles. The molecule has 0 atom stereocenters. The average molecular weight is 615 g/mol. The van der Waals surface area contributed by atoms with Crippen molar-refractivity contribution in [2.24, 2.45) is 10.8 Å². The number of fused-ring (bicyclic) bond motifs is 1. The van der Waals surface area contributed by atoms with E-state index in [1.807, 2.05) is 0 Å². The summed E-state index contributed by atoms with van der Waals surface area (Å²) in [6, 6.07) is 4.72. The van der Waals surface area contributed by atoms with Gasteiger partial charge in [0.2, 0.25) is 5.72 Å². The van der Waals surface area contributed by atoms with Crippen LogP contribution in [-0.4, -0.2) is 29.8 Å². The second-order valence-electron chi connectivity index (χ2n) is 11.9. The molecule has 2 N–H and O–H groups in total. The van der Waals surface area contributed by atoms with Gasteiger partial charge in [-0.15, -0.1) is 0 Å². The Bertz CT molecular complexity index is 717. The molecule has 5 heteroatoms. The second kappa shape index (κ2) is 7.83. The van der Waals surface area contributed by atoms with Crippen LogP contribution >= 0.6 is 22.6 Å². The number of quaternary nitrogens is 1. The Morgan fingerprint density at radius 2 is 1.46 bits per heavy atom. The van der Waals surface area contributed by atoms with Crippen molar-refractivity contribution in [3.63, 3.8) is 0 Å². The van der Waals surface area contributed by atoms with Gasteiger partial charge in [0.1, 0.15) is 12.3 Å². The van der Waals surface area contributed by atoms with E-state index in [4.69, 9.17) is 4.74 Å². The molecule has 0 saturated heterocycles. The van der Waals surface area contributed by atoms with E-state index in [9.17, 15) is 0 Å². The minimum Gasteiger partial charge on any atom is -1.00 e. The lowest BCUT2D eigenvalue weighted by molar-refractivity contribution is -0.982. The number of rotatable bonds is 0. The Labute approximate surface area is 203 Å². The molecule has 1 heterocycles. The van der Waals surface area contributed by atoms with Gasteiger partial charge in [0.05, 0.1) is 23.2 Å². The van der Waals surface area contributed by atoms with Crippen molar-refractivity contribution in [3.05, 3.63) is 26.8 Å². The molecule has 3 nitrogen and oxygen atoms in total. The molecule has 1 aromatic rings. The van der Waals surface area contributed by atoms with E-state index in [0.29, 0.717) is 10.8 Å². The molecule has 0 unspecified atom stereocenters. The van der Waals surface area contributed by atoms with E-state index in [0.717, 1.165) is 29.6 Å². The molecule has 0 amide bonds. The molecule has 0 bridgehead atoms. The summed E-state index contributed by atoms with van der Waals surface area (Å²) in [5, 5.41) is 0. The number of nitrogens with zero attached hydrogens (tertiary/aromatic N) is 1. The van der Waals surface area contributed by atoms with Crippen LogP contribution in [0, 0.1) is 14.4 Å². The predicted octanol–water partition coefficient (Wildman–Crippen LogP) is 2.67. The quantitative estimate of drug-likeness (QED) is 0.327. The number of ether oxygens (including phenoxy) is 1. The zero-order chi connectivity index (χ0) is 19.8. The smallest absolute Gasteiger partial charge is 0.244 e. The monoisotopic (exact) mass is 615 g/mol. The number of benzene rings is 1. The first-order valence-electron chi connectivity index (χ1n) is 9.91. The highest BCUT2D eigenvalue weighted by molar-refractivity contribution is 14.1. The molecule has 0 radical (unpaired) electrons. The maximum absolute atomic E-state index is 7.01. The van der Waals surface area contributed by atoms with Crippen molar-refractivity contribution in [2.75, 3.05) is 14.1 Å². The van der Waals surface area contributed by atoms with Crippen LogP contribution in [0.1, 0.15) is 78.9 Å². The van der Waals surface area contributed by atoms with Crippen molar-refractivity contribution in [1.82, 2.24) is 0 Å². The summed E-state index contributed by atoms with van der Waals surface area (Å²) in [5.74, 6) is 1.14. The highest BCUT2D eigenvalue weighted by Crippen LogP contribution is 2.56. The van der Waals surface area contributed by atoms with Crippen LogP contribution in [0.3, 0.4) is 0 Å². The summed E-state index contributed by atoms with van der Waals surface area (Å²) >= 11 is 2.49. The van der Waals surface area contributed by atoms with E-state index in [2.05, 4.69) is 97.3 Å². The lowest BCUT2D eigenvalue weighted by Crippen LogP contribution is -3.00. The van der Waals surface area contributed by atoms with Crippen LogP contribution < -0.4 is 28.7 Å². The third kappa shape index (κ3) is 4.83. The molecule has 1 aliphatic heterocycles. The summed E-state index contributed by atoms with van der Waals surface area (Å²) in [4.78, 5) is 0. The van der Waals surface area contributed by atoms with Gasteiger partial charge in [-0.25, -0.2) is 0 Å². The van der Waals surface area contributed by atoms with Gasteiger partial charge in [0.25, 0.3) is 0 Å². The third-order valence-corrected chi connectivity index (χ3v) is 7.22. The van der Waals surface area contributed by atoms with Crippen LogP contribution in [-0.2, 0) is 12.0 Å². The first-order valence-corrected chi connectivity index (χ1v) is 11.0. The first kappa shape index (κ1) is 26.4. The van der Waals surface area contributed by atoms with E-state index >= 15 is 0 Å². The maximum atomic E-state index is 7.01. The standard InChI is InChI=1S/C23H37INO.HI.H2O/c1-20(2,3)17-10-16-12-25(8,9)23(26-19(16)18(24)11-17)14-21(4,5)13-22(6,7)15-23;;/h10-11H,12-15H2,1-9H3;1H;1H2/q+1;;/p-1. The molecule has 28 heavy (non-hydrogen) atoms. The fourth-order valence-electron chi connectivity index (χ4n) is 5.68. The Hall–Kier alpha value is 0.400. The SMILES string of the molecule is CC1(C)CC(C)(C)CC2(C1)Oc1c(I)cc(C(C)(C)C)cc1C[N+]2(C)C.O.[I-]. The van der Waals surface area contributed by atoms with Crippen LogP contribution in [0.15, 0.2) is 12.1 Å². The summed E-state index contributed by atoms with van der Waals surface area (Å²) < 4.78 is 9.19. The molecule has 162 valence electrons. The van der Waals surface area contributed by atoms with Gasteiger partial charge in [0, 0.05) is 12.8 Å². The normalized spacial score (nSPS) is 23.6. The molecule has 1 fully saturated rings. The molecular formula is C23H39I2NO2. The van der Waals surface area contributed by atoms with E-state index in [-0.39, 0.29) is 40.6 Å². The van der Waals surface area contributed by atoms with Gasteiger partial charge in [0.15, 0.2) is 0 Å². The topological polar surface area (TPSA) is 40.7 Å². The third-order valence-electron chi connectivity index (χ3n) is 6.41. The van der Waals surface area contributed by atoms with E-state index < -0.39 is 0 Å². The lowest BCUT2D eigenvalue weighted by atomic mass is 9.61. The van der Waals surface area contributed by atoms with Crippen molar-refractivity contribution < 1.29 is 38.7 Å². The molecule has 2 aliphatic rings. The first-order chi connectivity index (χ1) is 11.6. The number of hydrogen-bond acceptors (Lipinski definition) is 1. The van der Waals surface area contributed by atoms with Gasteiger partial charge in [-0.2, -0.15) is 0 Å². The van der Waals surface area contributed by atoms with Gasteiger partial charge in [-0.1, -0.05) is 48.5 Å². The summed E-state index contributed by atoms with van der Waals surface area (Å²) in [5.41, 5.74) is 3.40. The van der Waals surface area contributed by atoms with Gasteiger partial charge >= 0.3 is 0 Å². The average Bonchev–Trinajstić information content (AvgIpc) is 2.36. The second-order valence-corrected chi connectivity index (χ2v) is 13.1. The molecule has 1 aromatic carbocycles. The van der Waals surface area contributed by atoms with Crippen LogP contribution in [0.25, 0.3) is 0 Å². The Balaban J connectivity index is 0.00000196. The van der Waals surface area contributed by atoms with Crippen molar-refractivity contribution >= 4 is 22.6 Å². The Kier molecular flexibility index (Phi) is 7.39. The van der Waals surface area contributed by atoms with Crippen LogP contribution in [0.5, 0.6) is 5.75 Å². The zero-order valence-electron chi connectivity index (χ0n) is 19.1. The summed E-state index contributed by atoms with van der Waals surface area (Å²) in [6.45, 7) is 17.6. The molecular weight excluding hydrogens is 576 g/mol. The number of hydrogen-bond donors (Lipinski definition) is 0. The Morgan fingerprint density at radius 1 is 0.964 bits per heavy atom. The van der Waals surface area contributed by atoms with E-state index in [1.165, 1.54) is 21.1 Å². The van der Waals surface area contributed by atoms with Gasteiger partial charge < -0.3 is 34.2 Å². The molecule has 3 rings (SSSR count). The van der Waals surface area contributed by atoms with Crippen molar-refractivity contribution in [1.29, 1.82) is 0 Å². The summed E-state index contributed by atoms with van der Waals surface area (Å²) in [7, 11) is 4.74. The van der Waals surface area contributed by atoms with Crippen LogP contribution in [0.2, 0.25) is 0 Å². The molecule has 1 aliphatic carbocycles. The zero-order valence-corrected chi connectivity index (χ0v) is 23.4. The largest absolute Gasteiger partial charge is 1.00 e. The minimum atomic E-state index is -0.137. The summed E-state index contributed by atoms with van der Waals surface area (Å²) in [6.07, 6.45) is 3.50. The van der Waals surface area contributed by atoms with Crippen molar-refractivity contribution in [3.8, 4) is 5.75 Å². The highest BCUT2D eigenvalue weighted by atomic mass is 127. The fourth-order valence-corrected chi connectivity index (χ4v) is 6.47. The van der Waals surface area contributed by atoms with Crippen LogP contribution in [0.4, 0.5) is 0 Å². The van der Waals surface area contributed by atoms with E-state index in [1.54, 1.807) is 0 Å². The predicted molar refractivity (Wildman–Crippen MR) is 122 cm³/mol. The van der Waals surface area contributed by atoms with Gasteiger partial charge in [-0.05, 0) is 63.0 Å². The van der Waals surface area contributed by atoms with Crippen molar-refractivity contribution in [2.45, 2.75) is 85.4 Å². The highest BCUT2D eigenvalue weighted by Gasteiger charge is 2.60. The number of halogens is 2. The Morgan fingerprint density at radius 3 is 1.93 bits per heavy atom. The molecule has 1 spiro atoms. The fraction of sp³-hybridized carbons (Fsp3) is 0.739. The lowest BCUT2D eigenvalue weighted by Gasteiger charge is -2.59. The molecule has 1 saturated carbocycles. The minimum absolute atomic E-state index is 0.